The van der Waals surface area contributed by atoms with Crippen LogP contribution in [0.1, 0.15) is 21.6 Å². The number of nitrogens with one attached hydrogen (secondary N) is 1. The van der Waals surface area contributed by atoms with E-state index in [9.17, 15) is 10.1 Å². The maximum Gasteiger partial charge on any atom is 0.331 e. The molecule has 0 saturated carbocycles. The van der Waals surface area contributed by atoms with Gasteiger partial charge in [0.15, 0.2) is 0 Å². The van der Waals surface area contributed by atoms with Gasteiger partial charge in [-0.2, -0.15) is 5.26 Å². The number of nitriles is 1. The van der Waals surface area contributed by atoms with E-state index in [4.69, 9.17) is 9.47 Å². The number of thiophene rings is 1. The largest absolute Gasteiger partial charge is 0.488 e. The van der Waals surface area contributed by atoms with Crippen molar-refractivity contribution in [2.45, 2.75) is 20.5 Å². The molecule has 0 bridgehead atoms. The highest BCUT2D eigenvalue weighted by atomic mass is 32.1. The number of hydrogen-bond acceptors (Lipinski definition) is 6. The average molecular weight is 519 g/mol. The third-order valence-corrected chi connectivity index (χ3v) is 7.38. The van der Waals surface area contributed by atoms with E-state index in [1.54, 1.807) is 34.6 Å². The van der Waals surface area contributed by atoms with Crippen LogP contribution in [0.4, 0.5) is 21.9 Å². The molecule has 0 atom stereocenters. The van der Waals surface area contributed by atoms with Gasteiger partial charge >= 0.3 is 6.03 Å². The van der Waals surface area contributed by atoms with E-state index in [0.717, 1.165) is 43.3 Å². The second kappa shape index (κ2) is 9.54. The van der Waals surface area contributed by atoms with Crippen molar-refractivity contribution in [3.05, 3.63) is 101 Å². The summed E-state index contributed by atoms with van der Waals surface area (Å²) in [4.78, 5) is 21.3. The number of carbonyl (C=O) groups is 1. The molecule has 1 aliphatic rings. The van der Waals surface area contributed by atoms with Crippen molar-refractivity contribution in [3.8, 4) is 23.3 Å². The number of anilines is 3. The second-order valence-electron chi connectivity index (χ2n) is 8.90. The van der Waals surface area contributed by atoms with Crippen LogP contribution in [-0.4, -0.2) is 11.0 Å². The van der Waals surface area contributed by atoms with E-state index in [2.05, 4.69) is 16.4 Å². The second-order valence-corrected chi connectivity index (χ2v) is 10.1. The van der Waals surface area contributed by atoms with Crippen LogP contribution in [0.5, 0.6) is 17.2 Å². The van der Waals surface area contributed by atoms with Gasteiger partial charge in [0, 0.05) is 11.1 Å². The van der Waals surface area contributed by atoms with E-state index >= 15 is 0 Å². The maximum atomic E-state index is 13.2. The molecule has 1 aliphatic heterocycles. The lowest BCUT2D eigenvalue weighted by Crippen LogP contribution is -2.34. The normalized spacial score (nSPS) is 12.2. The number of aromatic nitrogens is 1. The monoisotopic (exact) mass is 518 g/mol. The number of para-hydroxylation sites is 1. The highest BCUT2D eigenvalue weighted by molar-refractivity contribution is 7.19. The number of amides is 2. The summed E-state index contributed by atoms with van der Waals surface area (Å²) in [5.74, 6) is 1.87. The standard InChI is InChI=1S/C30H22N4O3S/c1-18-14-23(37-22-8-5-6-20(15-22)17-36-26-9-4-3-7-21(26)16-31)10-11-24(18)34-25-12-13-32-29-27(25)28(19(2)38-29)33-30(34)35/h3-15H,17H2,1-2H3,(H,33,35). The van der Waals surface area contributed by atoms with Crippen molar-refractivity contribution in [2.24, 2.45) is 0 Å². The fourth-order valence-electron chi connectivity index (χ4n) is 4.59. The molecule has 0 saturated heterocycles. The molecule has 1 N–H and O–H groups in total. The van der Waals surface area contributed by atoms with Gasteiger partial charge in [0.1, 0.15) is 34.8 Å². The minimum Gasteiger partial charge on any atom is -0.488 e. The number of carbonyl (C=O) groups excluding carboxylic acids is 1. The highest BCUT2D eigenvalue weighted by Gasteiger charge is 2.30. The summed E-state index contributed by atoms with van der Waals surface area (Å²) in [6, 6.07) is 24.3. The zero-order valence-electron chi connectivity index (χ0n) is 20.7. The molecule has 0 unspecified atom stereocenters. The minimum absolute atomic E-state index is 0.200. The topological polar surface area (TPSA) is 87.5 Å². The van der Waals surface area contributed by atoms with E-state index < -0.39 is 0 Å². The van der Waals surface area contributed by atoms with Crippen LogP contribution in [-0.2, 0) is 6.61 Å². The average Bonchev–Trinajstić information content (AvgIpc) is 3.24. The lowest BCUT2D eigenvalue weighted by Gasteiger charge is -2.29. The molecular formula is C30H22N4O3S. The highest BCUT2D eigenvalue weighted by Crippen LogP contribution is 2.46. The first-order chi connectivity index (χ1) is 18.5. The number of hydrogen-bond donors (Lipinski definition) is 1. The van der Waals surface area contributed by atoms with Gasteiger partial charge < -0.3 is 14.8 Å². The van der Waals surface area contributed by atoms with E-state index in [1.165, 1.54) is 0 Å². The molecule has 2 amide bonds. The van der Waals surface area contributed by atoms with Gasteiger partial charge in [0.25, 0.3) is 0 Å². The SMILES string of the molecule is Cc1cc(Oc2cccc(COc3ccccc3C#N)c2)ccc1N1C(=O)Nc2c(C)sc3nccc1c23. The van der Waals surface area contributed by atoms with Crippen LogP contribution in [0.3, 0.4) is 0 Å². The summed E-state index contributed by atoms with van der Waals surface area (Å²) in [6.07, 6.45) is 1.74. The lowest BCUT2D eigenvalue weighted by atomic mass is 10.1. The number of benzene rings is 3. The zero-order chi connectivity index (χ0) is 26.2. The van der Waals surface area contributed by atoms with Gasteiger partial charge in [-0.1, -0.05) is 24.3 Å². The van der Waals surface area contributed by atoms with Crippen LogP contribution in [0.25, 0.3) is 10.2 Å². The van der Waals surface area contributed by atoms with Crippen molar-refractivity contribution in [2.75, 3.05) is 10.2 Å². The van der Waals surface area contributed by atoms with Crippen molar-refractivity contribution in [1.29, 1.82) is 5.26 Å². The Kier molecular flexibility index (Phi) is 5.91. The van der Waals surface area contributed by atoms with E-state index in [1.807, 2.05) is 74.5 Å². The summed E-state index contributed by atoms with van der Waals surface area (Å²) in [5.41, 5.74) is 4.74. The molecule has 0 radical (unpaired) electrons. The summed E-state index contributed by atoms with van der Waals surface area (Å²) < 4.78 is 12.0. The Hall–Kier alpha value is -4.87. The van der Waals surface area contributed by atoms with E-state index in [0.29, 0.717) is 29.4 Å². The van der Waals surface area contributed by atoms with Crippen molar-refractivity contribution in [1.82, 2.24) is 4.98 Å². The molecule has 38 heavy (non-hydrogen) atoms. The number of nitrogens with zero attached hydrogens (tertiary/aromatic N) is 3. The number of rotatable bonds is 6. The molecule has 5 aromatic rings. The molecule has 0 spiro atoms. The summed E-state index contributed by atoms with van der Waals surface area (Å²) in [6.45, 7) is 4.26. The first-order valence-corrected chi connectivity index (χ1v) is 12.8. The molecule has 3 heterocycles. The van der Waals surface area contributed by atoms with Crippen LogP contribution in [0, 0.1) is 25.2 Å². The molecular weight excluding hydrogens is 496 g/mol. The predicted octanol–water partition coefficient (Wildman–Crippen LogP) is 7.84. The molecule has 2 aromatic heterocycles. The fraction of sp³-hybridized carbons (Fsp3) is 0.100. The Morgan fingerprint density at radius 1 is 1.00 bits per heavy atom. The molecule has 7 nitrogen and oxygen atoms in total. The zero-order valence-corrected chi connectivity index (χ0v) is 21.5. The van der Waals surface area contributed by atoms with Crippen LogP contribution in [0.2, 0.25) is 0 Å². The third kappa shape index (κ3) is 4.19. The Morgan fingerprint density at radius 3 is 2.68 bits per heavy atom. The lowest BCUT2D eigenvalue weighted by molar-refractivity contribution is 0.259. The van der Waals surface area contributed by atoms with Gasteiger partial charge in [0.2, 0.25) is 0 Å². The third-order valence-electron chi connectivity index (χ3n) is 6.37. The quantitative estimate of drug-likeness (QED) is 0.247. The van der Waals surface area contributed by atoms with Crippen molar-refractivity contribution >= 4 is 44.6 Å². The van der Waals surface area contributed by atoms with Crippen LogP contribution < -0.4 is 19.7 Å². The Bertz CT molecular complexity index is 1750. The smallest absolute Gasteiger partial charge is 0.331 e. The summed E-state index contributed by atoms with van der Waals surface area (Å²) >= 11 is 1.57. The Balaban J connectivity index is 1.23. The van der Waals surface area contributed by atoms with Gasteiger partial charge in [-0.3, -0.25) is 4.90 Å². The number of aryl methyl sites for hydroxylation is 2. The van der Waals surface area contributed by atoms with E-state index in [-0.39, 0.29) is 6.03 Å². The molecule has 0 fully saturated rings. The minimum atomic E-state index is -0.200. The first kappa shape index (κ1) is 23.5. The van der Waals surface area contributed by atoms with Gasteiger partial charge in [-0.25, -0.2) is 9.78 Å². The number of urea groups is 1. The molecule has 6 rings (SSSR count). The number of pyridine rings is 1. The Morgan fingerprint density at radius 2 is 1.84 bits per heavy atom. The van der Waals surface area contributed by atoms with Gasteiger partial charge in [-0.15, -0.1) is 11.3 Å². The predicted molar refractivity (Wildman–Crippen MR) is 149 cm³/mol. The molecule has 8 heteroatoms. The van der Waals surface area contributed by atoms with Gasteiger partial charge in [0.05, 0.1) is 28.0 Å². The maximum absolute atomic E-state index is 13.2. The van der Waals surface area contributed by atoms with Crippen molar-refractivity contribution < 1.29 is 14.3 Å². The molecule has 186 valence electrons. The van der Waals surface area contributed by atoms with Crippen LogP contribution >= 0.6 is 11.3 Å². The van der Waals surface area contributed by atoms with Crippen molar-refractivity contribution in [3.63, 3.8) is 0 Å². The fourth-order valence-corrected chi connectivity index (χ4v) is 5.56. The Labute approximate surface area is 223 Å². The molecule has 3 aromatic carbocycles. The summed E-state index contributed by atoms with van der Waals surface area (Å²) in [7, 11) is 0. The summed E-state index contributed by atoms with van der Waals surface area (Å²) in [5, 5.41) is 13.3. The number of ether oxygens (including phenoxy) is 2. The van der Waals surface area contributed by atoms with Crippen LogP contribution in [0.15, 0.2) is 79.0 Å². The first-order valence-electron chi connectivity index (χ1n) is 12.0. The molecule has 0 aliphatic carbocycles. The van der Waals surface area contributed by atoms with Gasteiger partial charge in [-0.05, 0) is 73.5 Å².